The van der Waals surface area contributed by atoms with E-state index >= 15 is 0 Å². The summed E-state index contributed by atoms with van der Waals surface area (Å²) in [7, 11) is -3.42. The first-order valence-electron chi connectivity index (χ1n) is 5.81. The van der Waals surface area contributed by atoms with Crippen LogP contribution in [0.3, 0.4) is 0 Å². The molecule has 0 bridgehead atoms. The molecule has 0 saturated carbocycles. The third kappa shape index (κ3) is 4.51. The quantitative estimate of drug-likeness (QED) is 0.719. The maximum Gasteiger partial charge on any atom is 0.279 e. The lowest BCUT2D eigenvalue weighted by atomic mass is 9.88. The van der Waals surface area contributed by atoms with Crippen LogP contribution in [0.5, 0.6) is 0 Å². The zero-order chi connectivity index (χ0) is 13.1. The van der Waals surface area contributed by atoms with Crippen LogP contribution in [0.1, 0.15) is 20.8 Å². The molecular formula is C10H23N3O3S. The molecule has 1 saturated heterocycles. The van der Waals surface area contributed by atoms with Crippen molar-refractivity contribution in [2.45, 2.75) is 26.8 Å². The van der Waals surface area contributed by atoms with Crippen LogP contribution in [0.2, 0.25) is 0 Å². The van der Waals surface area contributed by atoms with Crippen molar-refractivity contribution < 1.29 is 13.2 Å². The predicted molar refractivity (Wildman–Crippen MR) is 66.7 cm³/mol. The van der Waals surface area contributed by atoms with Crippen molar-refractivity contribution in [3.05, 3.63) is 0 Å². The van der Waals surface area contributed by atoms with E-state index in [1.54, 1.807) is 0 Å². The molecule has 102 valence electrons. The molecule has 0 amide bonds. The molecule has 0 aromatic rings. The molecule has 17 heavy (non-hydrogen) atoms. The van der Waals surface area contributed by atoms with Gasteiger partial charge in [0.05, 0.1) is 13.2 Å². The molecule has 1 heterocycles. The fourth-order valence-electron chi connectivity index (χ4n) is 1.38. The summed E-state index contributed by atoms with van der Waals surface area (Å²) in [6, 6.07) is -0.210. The highest BCUT2D eigenvalue weighted by atomic mass is 32.2. The molecular weight excluding hydrogens is 242 g/mol. The van der Waals surface area contributed by atoms with E-state index in [9.17, 15) is 8.42 Å². The first-order chi connectivity index (χ1) is 7.73. The molecule has 0 aromatic carbocycles. The van der Waals surface area contributed by atoms with Crippen LogP contribution in [-0.4, -0.2) is 51.6 Å². The first kappa shape index (κ1) is 14.8. The molecule has 1 rings (SSSR count). The fourth-order valence-corrected chi connectivity index (χ4v) is 2.58. The number of nitrogens with zero attached hydrogens (tertiary/aromatic N) is 1. The standard InChI is InChI=1S/C10H23N3O3S/c1-10(2,3)9(11)8-12-17(14,15)13-4-6-16-7-5-13/h9,12H,4-8,11H2,1-3H3/t9-/m0/s1. The van der Waals surface area contributed by atoms with Gasteiger partial charge >= 0.3 is 0 Å². The maximum atomic E-state index is 11.9. The van der Waals surface area contributed by atoms with E-state index in [1.807, 2.05) is 20.8 Å². The number of ether oxygens (including phenoxy) is 1. The van der Waals surface area contributed by atoms with Gasteiger partial charge in [-0.25, -0.2) is 4.72 Å². The minimum atomic E-state index is -3.42. The van der Waals surface area contributed by atoms with Gasteiger partial charge in [-0.1, -0.05) is 20.8 Å². The van der Waals surface area contributed by atoms with E-state index < -0.39 is 10.2 Å². The topological polar surface area (TPSA) is 84.7 Å². The highest BCUT2D eigenvalue weighted by Gasteiger charge is 2.27. The monoisotopic (exact) mass is 265 g/mol. The molecule has 7 heteroatoms. The lowest BCUT2D eigenvalue weighted by Crippen LogP contribution is -2.51. The van der Waals surface area contributed by atoms with Gasteiger partial charge in [-0.2, -0.15) is 12.7 Å². The van der Waals surface area contributed by atoms with Crippen molar-refractivity contribution in [3.8, 4) is 0 Å². The van der Waals surface area contributed by atoms with E-state index in [2.05, 4.69) is 4.72 Å². The Kier molecular flexibility index (Phi) is 4.91. The third-order valence-electron chi connectivity index (χ3n) is 2.91. The average Bonchev–Trinajstić information content (AvgIpc) is 2.26. The highest BCUT2D eigenvalue weighted by Crippen LogP contribution is 2.16. The molecule has 6 nitrogen and oxygen atoms in total. The summed E-state index contributed by atoms with van der Waals surface area (Å²) in [4.78, 5) is 0. The smallest absolute Gasteiger partial charge is 0.279 e. The fraction of sp³-hybridized carbons (Fsp3) is 1.00. The second-order valence-corrected chi connectivity index (χ2v) is 7.09. The molecule has 0 aromatic heterocycles. The van der Waals surface area contributed by atoms with Crippen LogP contribution in [0, 0.1) is 5.41 Å². The van der Waals surface area contributed by atoms with Crippen LogP contribution < -0.4 is 10.5 Å². The van der Waals surface area contributed by atoms with Crippen molar-refractivity contribution in [2.75, 3.05) is 32.8 Å². The van der Waals surface area contributed by atoms with Gasteiger partial charge in [0.25, 0.3) is 10.2 Å². The predicted octanol–water partition coefficient (Wildman–Crippen LogP) is -0.474. The molecule has 1 fully saturated rings. The molecule has 1 atom stereocenters. The Hall–Kier alpha value is -0.210. The molecule has 3 N–H and O–H groups in total. The van der Waals surface area contributed by atoms with E-state index in [1.165, 1.54) is 4.31 Å². The molecule has 0 aliphatic carbocycles. The van der Waals surface area contributed by atoms with Gasteiger partial charge in [-0.15, -0.1) is 0 Å². The van der Waals surface area contributed by atoms with E-state index in [0.717, 1.165) is 0 Å². The van der Waals surface area contributed by atoms with Crippen molar-refractivity contribution in [1.82, 2.24) is 9.03 Å². The average molecular weight is 265 g/mol. The van der Waals surface area contributed by atoms with Crippen LogP contribution >= 0.6 is 0 Å². The number of rotatable bonds is 4. The Labute approximate surface area is 104 Å². The third-order valence-corrected chi connectivity index (χ3v) is 4.48. The lowest BCUT2D eigenvalue weighted by Gasteiger charge is -2.30. The van der Waals surface area contributed by atoms with Crippen molar-refractivity contribution in [1.29, 1.82) is 0 Å². The lowest BCUT2D eigenvalue weighted by molar-refractivity contribution is 0.0724. The Balaban J connectivity index is 2.49. The van der Waals surface area contributed by atoms with E-state index in [-0.39, 0.29) is 18.0 Å². The van der Waals surface area contributed by atoms with Crippen LogP contribution in [0.15, 0.2) is 0 Å². The first-order valence-corrected chi connectivity index (χ1v) is 7.25. The van der Waals surface area contributed by atoms with Crippen LogP contribution in [0.25, 0.3) is 0 Å². The van der Waals surface area contributed by atoms with Gasteiger partial charge in [-0.3, -0.25) is 0 Å². The maximum absolute atomic E-state index is 11.9. The Bertz CT molecular complexity index is 331. The number of nitrogens with one attached hydrogen (secondary N) is 1. The number of nitrogens with two attached hydrogens (primary N) is 1. The van der Waals surface area contributed by atoms with E-state index in [0.29, 0.717) is 26.3 Å². The van der Waals surface area contributed by atoms with Gasteiger partial charge < -0.3 is 10.5 Å². The van der Waals surface area contributed by atoms with Gasteiger partial charge in [-0.05, 0) is 5.41 Å². The largest absolute Gasteiger partial charge is 0.379 e. The van der Waals surface area contributed by atoms with Crippen LogP contribution in [0.4, 0.5) is 0 Å². The minimum Gasteiger partial charge on any atom is -0.379 e. The Morgan fingerprint density at radius 1 is 1.35 bits per heavy atom. The second-order valence-electron chi connectivity index (χ2n) is 5.34. The highest BCUT2D eigenvalue weighted by molar-refractivity contribution is 7.87. The summed E-state index contributed by atoms with van der Waals surface area (Å²) in [5, 5.41) is 0. The molecule has 0 radical (unpaired) electrons. The zero-order valence-corrected chi connectivity index (χ0v) is 11.6. The van der Waals surface area contributed by atoms with Crippen molar-refractivity contribution in [3.63, 3.8) is 0 Å². The molecule has 0 spiro atoms. The molecule has 1 aliphatic heterocycles. The Morgan fingerprint density at radius 3 is 2.35 bits per heavy atom. The summed E-state index contributed by atoms with van der Waals surface area (Å²) < 4.78 is 32.9. The van der Waals surface area contributed by atoms with Gasteiger partial charge in [0.15, 0.2) is 0 Å². The SMILES string of the molecule is CC(C)(C)[C@@H](N)CNS(=O)(=O)N1CCOCC1. The molecule has 1 aliphatic rings. The normalized spacial score (nSPS) is 21.4. The van der Waals surface area contributed by atoms with E-state index in [4.69, 9.17) is 10.5 Å². The van der Waals surface area contributed by atoms with Gasteiger partial charge in [0, 0.05) is 25.7 Å². The minimum absolute atomic E-state index is 0.118. The van der Waals surface area contributed by atoms with Crippen LogP contribution in [-0.2, 0) is 14.9 Å². The zero-order valence-electron chi connectivity index (χ0n) is 10.8. The second kappa shape index (κ2) is 5.62. The Morgan fingerprint density at radius 2 is 1.88 bits per heavy atom. The summed E-state index contributed by atoms with van der Waals surface area (Å²) in [5.74, 6) is 0. The summed E-state index contributed by atoms with van der Waals surface area (Å²) in [6.07, 6.45) is 0. The summed E-state index contributed by atoms with van der Waals surface area (Å²) in [6.45, 7) is 7.92. The number of hydrogen-bond acceptors (Lipinski definition) is 4. The molecule has 0 unspecified atom stereocenters. The van der Waals surface area contributed by atoms with Gasteiger partial charge in [0.2, 0.25) is 0 Å². The number of morpholine rings is 1. The van der Waals surface area contributed by atoms with Crippen molar-refractivity contribution in [2.24, 2.45) is 11.1 Å². The number of hydrogen-bond donors (Lipinski definition) is 2. The summed E-state index contributed by atoms with van der Waals surface area (Å²) >= 11 is 0. The summed E-state index contributed by atoms with van der Waals surface area (Å²) in [5.41, 5.74) is 5.80. The van der Waals surface area contributed by atoms with Crippen molar-refractivity contribution >= 4 is 10.2 Å². The van der Waals surface area contributed by atoms with Gasteiger partial charge in [0.1, 0.15) is 0 Å².